The van der Waals surface area contributed by atoms with E-state index in [1.165, 1.54) is 5.69 Å². The molecule has 0 radical (unpaired) electrons. The van der Waals surface area contributed by atoms with Crippen LogP contribution >= 0.6 is 0 Å². The molecule has 0 saturated carbocycles. The van der Waals surface area contributed by atoms with Crippen molar-refractivity contribution in [3.8, 4) is 0 Å². The molecule has 2 N–H and O–H groups in total. The third kappa shape index (κ3) is 5.58. The highest BCUT2D eigenvalue weighted by Gasteiger charge is 2.14. The molecule has 1 aliphatic heterocycles. The van der Waals surface area contributed by atoms with E-state index in [1.54, 1.807) is 12.3 Å². The third-order valence-electron chi connectivity index (χ3n) is 4.52. The minimum absolute atomic E-state index is 0.0916. The number of rotatable bonds is 7. The minimum Gasteiger partial charge on any atom is -0.369 e. The maximum absolute atomic E-state index is 11.8. The summed E-state index contributed by atoms with van der Waals surface area (Å²) in [5.74, 6) is 0.424. The molecule has 146 valence electrons. The number of piperazine rings is 1. The molecule has 27 heavy (non-hydrogen) atoms. The lowest BCUT2D eigenvalue weighted by Gasteiger charge is -2.34. The molecule has 7 nitrogen and oxygen atoms in total. The first-order chi connectivity index (χ1) is 12.9. The lowest BCUT2D eigenvalue weighted by atomic mass is 10.2. The standard InChI is InChI=1S/C19H27N5O2S/c1-3-14-27(25,26)22-19-9-6-17(15-20-19)21-16-4-7-18(8-5-16)24-12-10-23(2)11-13-24/h4-9,15,21H,3,10-14H2,1-2H3,(H,20,22). The second-order valence-electron chi connectivity index (χ2n) is 6.82. The number of hydrogen-bond donors (Lipinski definition) is 2. The fraction of sp³-hybridized carbons (Fsp3) is 0.421. The first kappa shape index (κ1) is 19.4. The van der Waals surface area contributed by atoms with Crippen molar-refractivity contribution < 1.29 is 8.42 Å². The van der Waals surface area contributed by atoms with Gasteiger partial charge in [-0.1, -0.05) is 6.92 Å². The normalized spacial score (nSPS) is 15.6. The van der Waals surface area contributed by atoms with Crippen LogP contribution in [-0.2, 0) is 10.0 Å². The van der Waals surface area contributed by atoms with Crippen molar-refractivity contribution in [2.75, 3.05) is 53.9 Å². The van der Waals surface area contributed by atoms with Gasteiger partial charge in [-0.15, -0.1) is 0 Å². The zero-order chi connectivity index (χ0) is 19.3. The Morgan fingerprint density at radius 1 is 1.00 bits per heavy atom. The quantitative estimate of drug-likeness (QED) is 0.758. The molecule has 0 atom stereocenters. The predicted octanol–water partition coefficient (Wildman–Crippen LogP) is 2.73. The van der Waals surface area contributed by atoms with Crippen LogP contribution in [0.2, 0.25) is 0 Å². The van der Waals surface area contributed by atoms with E-state index in [9.17, 15) is 8.42 Å². The van der Waals surface area contributed by atoms with Crippen LogP contribution in [0.1, 0.15) is 13.3 Å². The highest BCUT2D eigenvalue weighted by atomic mass is 32.2. The van der Waals surface area contributed by atoms with E-state index >= 15 is 0 Å². The fourth-order valence-electron chi connectivity index (χ4n) is 2.99. The Hall–Kier alpha value is -2.32. The zero-order valence-corrected chi connectivity index (χ0v) is 16.7. The molecule has 0 spiro atoms. The molecule has 1 aliphatic rings. The van der Waals surface area contributed by atoms with Gasteiger partial charge in [0, 0.05) is 37.6 Å². The summed E-state index contributed by atoms with van der Waals surface area (Å²) < 4.78 is 26.0. The van der Waals surface area contributed by atoms with E-state index in [0.29, 0.717) is 12.2 Å². The molecule has 0 aliphatic carbocycles. The van der Waals surface area contributed by atoms with Crippen molar-refractivity contribution in [2.24, 2.45) is 0 Å². The van der Waals surface area contributed by atoms with Gasteiger partial charge in [-0.05, 0) is 49.9 Å². The molecule has 1 fully saturated rings. The fourth-order valence-corrected chi connectivity index (χ4v) is 4.07. The predicted molar refractivity (Wildman–Crippen MR) is 111 cm³/mol. The van der Waals surface area contributed by atoms with E-state index in [2.05, 4.69) is 44.0 Å². The van der Waals surface area contributed by atoms with Gasteiger partial charge < -0.3 is 15.1 Å². The van der Waals surface area contributed by atoms with Gasteiger partial charge in [0.1, 0.15) is 5.82 Å². The lowest BCUT2D eigenvalue weighted by Crippen LogP contribution is -2.44. The van der Waals surface area contributed by atoms with E-state index < -0.39 is 10.0 Å². The summed E-state index contributed by atoms with van der Waals surface area (Å²) >= 11 is 0. The number of nitrogens with zero attached hydrogens (tertiary/aromatic N) is 3. The number of pyridine rings is 1. The highest BCUT2D eigenvalue weighted by molar-refractivity contribution is 7.92. The van der Waals surface area contributed by atoms with Crippen LogP contribution in [0.3, 0.4) is 0 Å². The third-order valence-corrected chi connectivity index (χ3v) is 5.99. The Balaban J connectivity index is 1.59. The molecule has 0 bridgehead atoms. The summed E-state index contributed by atoms with van der Waals surface area (Å²) in [6.45, 7) is 6.08. The number of hydrogen-bond acceptors (Lipinski definition) is 6. The van der Waals surface area contributed by atoms with Crippen LogP contribution < -0.4 is 14.9 Å². The van der Waals surface area contributed by atoms with Crippen LogP contribution in [0, 0.1) is 0 Å². The first-order valence-corrected chi connectivity index (χ1v) is 10.9. The monoisotopic (exact) mass is 389 g/mol. The van der Waals surface area contributed by atoms with Crippen molar-refractivity contribution in [2.45, 2.75) is 13.3 Å². The van der Waals surface area contributed by atoms with Gasteiger partial charge in [-0.2, -0.15) is 0 Å². The zero-order valence-electron chi connectivity index (χ0n) is 15.9. The Morgan fingerprint density at radius 2 is 1.67 bits per heavy atom. The molecule has 2 aromatic rings. The topological polar surface area (TPSA) is 77.6 Å². The summed E-state index contributed by atoms with van der Waals surface area (Å²) in [6, 6.07) is 11.8. The van der Waals surface area contributed by atoms with Crippen LogP contribution in [0.4, 0.5) is 22.9 Å². The van der Waals surface area contributed by atoms with Gasteiger partial charge in [-0.25, -0.2) is 13.4 Å². The second kappa shape index (κ2) is 8.58. The van der Waals surface area contributed by atoms with Gasteiger partial charge in [0.15, 0.2) is 0 Å². The first-order valence-electron chi connectivity index (χ1n) is 9.22. The number of anilines is 4. The second-order valence-corrected chi connectivity index (χ2v) is 8.66. The summed E-state index contributed by atoms with van der Waals surface area (Å²) in [5.41, 5.74) is 3.00. The molecular formula is C19H27N5O2S. The van der Waals surface area contributed by atoms with E-state index in [1.807, 2.05) is 25.1 Å². The summed E-state index contributed by atoms with van der Waals surface area (Å²) in [6.07, 6.45) is 2.19. The van der Waals surface area contributed by atoms with Crippen LogP contribution in [-0.4, -0.2) is 57.3 Å². The number of nitrogens with one attached hydrogen (secondary N) is 2. The molecule has 0 unspecified atom stereocenters. The van der Waals surface area contributed by atoms with E-state index in [4.69, 9.17) is 0 Å². The average Bonchev–Trinajstić information content (AvgIpc) is 2.64. The maximum atomic E-state index is 11.8. The van der Waals surface area contributed by atoms with Crippen molar-refractivity contribution in [3.05, 3.63) is 42.6 Å². The van der Waals surface area contributed by atoms with Crippen LogP contribution in [0.25, 0.3) is 0 Å². The molecule has 3 rings (SSSR count). The summed E-state index contributed by atoms with van der Waals surface area (Å²) in [4.78, 5) is 8.90. The van der Waals surface area contributed by atoms with E-state index in [-0.39, 0.29) is 5.75 Å². The van der Waals surface area contributed by atoms with Gasteiger partial charge >= 0.3 is 0 Å². The van der Waals surface area contributed by atoms with E-state index in [0.717, 1.165) is 37.6 Å². The summed E-state index contributed by atoms with van der Waals surface area (Å²) in [5, 5.41) is 3.29. The van der Waals surface area contributed by atoms with Crippen molar-refractivity contribution in [1.29, 1.82) is 0 Å². The number of likely N-dealkylation sites (N-methyl/N-ethyl adjacent to an activating group) is 1. The highest BCUT2D eigenvalue weighted by Crippen LogP contribution is 2.22. The lowest BCUT2D eigenvalue weighted by molar-refractivity contribution is 0.313. The average molecular weight is 390 g/mol. The van der Waals surface area contributed by atoms with Crippen LogP contribution in [0.15, 0.2) is 42.6 Å². The maximum Gasteiger partial charge on any atom is 0.233 e. The molecule has 1 aromatic carbocycles. The smallest absolute Gasteiger partial charge is 0.233 e. The molecule has 8 heteroatoms. The van der Waals surface area contributed by atoms with Crippen LogP contribution in [0.5, 0.6) is 0 Å². The molecule has 1 saturated heterocycles. The van der Waals surface area contributed by atoms with Crippen molar-refractivity contribution in [1.82, 2.24) is 9.88 Å². The van der Waals surface area contributed by atoms with Gasteiger partial charge in [0.05, 0.1) is 17.6 Å². The van der Waals surface area contributed by atoms with Gasteiger partial charge in [0.25, 0.3) is 0 Å². The Bertz CT molecular complexity index is 829. The Labute approximate surface area is 161 Å². The molecule has 2 heterocycles. The van der Waals surface area contributed by atoms with Crippen molar-refractivity contribution >= 4 is 32.9 Å². The van der Waals surface area contributed by atoms with Gasteiger partial charge in [0.2, 0.25) is 10.0 Å². The number of aromatic nitrogens is 1. The Kier molecular flexibility index (Phi) is 6.18. The van der Waals surface area contributed by atoms with Gasteiger partial charge in [-0.3, -0.25) is 4.72 Å². The SMILES string of the molecule is CCCS(=O)(=O)Nc1ccc(Nc2ccc(N3CCN(C)CC3)cc2)cn1. The largest absolute Gasteiger partial charge is 0.369 e. The van der Waals surface area contributed by atoms with Crippen molar-refractivity contribution in [3.63, 3.8) is 0 Å². The molecule has 0 amide bonds. The molecule has 1 aromatic heterocycles. The minimum atomic E-state index is -3.32. The molecular weight excluding hydrogens is 362 g/mol. The number of sulfonamides is 1. The Morgan fingerprint density at radius 3 is 2.26 bits per heavy atom. The summed E-state index contributed by atoms with van der Waals surface area (Å²) in [7, 11) is -1.16. The number of benzene rings is 1.